The number of carbonyl (C=O) groups excluding carboxylic acids is 1. The predicted octanol–water partition coefficient (Wildman–Crippen LogP) is 4.58. The van der Waals surface area contributed by atoms with Crippen LogP contribution < -0.4 is 9.62 Å². The van der Waals surface area contributed by atoms with E-state index in [1.165, 1.54) is 0 Å². The van der Waals surface area contributed by atoms with Crippen LogP contribution in [0, 0.1) is 11.8 Å². The lowest BCUT2D eigenvalue weighted by atomic mass is 10.0. The van der Waals surface area contributed by atoms with Gasteiger partial charge >= 0.3 is 0 Å². The van der Waals surface area contributed by atoms with Gasteiger partial charge in [-0.2, -0.15) is 5.10 Å². The summed E-state index contributed by atoms with van der Waals surface area (Å²) in [5.74, 6) is 1.40. The van der Waals surface area contributed by atoms with E-state index in [1.807, 2.05) is 25.7 Å². The summed E-state index contributed by atoms with van der Waals surface area (Å²) in [5, 5.41) is 12.7. The average Bonchev–Trinajstić information content (AvgIpc) is 3.89. The molecule has 3 saturated carbocycles. The number of sulfonamides is 1. The second kappa shape index (κ2) is 9.91. The van der Waals surface area contributed by atoms with E-state index in [0.29, 0.717) is 47.5 Å². The van der Waals surface area contributed by atoms with Crippen LogP contribution in [0.2, 0.25) is 0 Å². The van der Waals surface area contributed by atoms with Gasteiger partial charge < -0.3 is 9.80 Å². The van der Waals surface area contributed by atoms with Gasteiger partial charge in [-0.1, -0.05) is 18.3 Å². The van der Waals surface area contributed by atoms with Crippen LogP contribution in [-0.4, -0.2) is 70.3 Å². The van der Waals surface area contributed by atoms with Crippen LogP contribution in [0.1, 0.15) is 82.3 Å². The number of fused-ring (bicyclic) bond motifs is 1. The first-order valence-electron chi connectivity index (χ1n) is 14.7. The molecule has 0 spiro atoms. The van der Waals surface area contributed by atoms with E-state index >= 15 is 0 Å². The molecule has 7 rings (SSSR count). The van der Waals surface area contributed by atoms with Gasteiger partial charge in [0.15, 0.2) is 10.0 Å². The lowest BCUT2D eigenvalue weighted by Crippen LogP contribution is -2.55. The molecule has 1 amide bonds. The largest absolute Gasteiger partial charge is 0.353 e. The molecule has 226 valence electrons. The third-order valence-corrected chi connectivity index (χ3v) is 11.7. The van der Waals surface area contributed by atoms with Crippen molar-refractivity contribution in [3.63, 3.8) is 0 Å². The summed E-state index contributed by atoms with van der Waals surface area (Å²) in [5.41, 5.74) is 1.32. The fraction of sp³-hybridized carbons (Fsp3) is 0.643. The van der Waals surface area contributed by atoms with Crippen molar-refractivity contribution in [1.82, 2.24) is 29.4 Å². The monoisotopic (exact) mass is 619 g/mol. The number of piperazine rings is 1. The average molecular weight is 620 g/mol. The molecule has 3 aromatic heterocycles. The lowest BCUT2D eigenvalue weighted by Gasteiger charge is -2.42. The molecule has 1 N–H and O–H groups in total. The summed E-state index contributed by atoms with van der Waals surface area (Å²) in [6.07, 6.45) is 2.81. The maximum atomic E-state index is 13.7. The Labute approximate surface area is 247 Å². The first-order chi connectivity index (χ1) is 19.9. The first kappa shape index (κ1) is 28.1. The number of nitrogens with zero attached hydrogens (tertiary/aromatic N) is 6. The number of amides is 1. The van der Waals surface area contributed by atoms with Gasteiger partial charge in [0.05, 0.1) is 21.7 Å². The van der Waals surface area contributed by atoms with Crippen LogP contribution in [-0.2, 0) is 14.8 Å². The molecule has 14 heteroatoms. The van der Waals surface area contributed by atoms with Gasteiger partial charge in [-0.3, -0.25) is 4.79 Å². The van der Waals surface area contributed by atoms with Crippen LogP contribution in [0.4, 0.5) is 14.6 Å². The highest BCUT2D eigenvalue weighted by molar-refractivity contribution is 7.89. The summed E-state index contributed by atoms with van der Waals surface area (Å²) >= 11 is 0.813. The molecule has 42 heavy (non-hydrogen) atoms. The zero-order valence-electron chi connectivity index (χ0n) is 23.9. The lowest BCUT2D eigenvalue weighted by molar-refractivity contribution is -0.138. The van der Waals surface area contributed by atoms with Crippen LogP contribution in [0.3, 0.4) is 0 Å². The second-order valence-electron chi connectivity index (χ2n) is 12.7. The number of hydrogen-bond donors (Lipinski definition) is 1. The maximum Gasteiger partial charge on any atom is 0.291 e. The molecule has 0 bridgehead atoms. The number of rotatable bonds is 9. The topological polar surface area (TPSA) is 113 Å². The molecule has 0 aromatic carbocycles. The van der Waals surface area contributed by atoms with Crippen molar-refractivity contribution in [3.8, 4) is 10.6 Å². The minimum Gasteiger partial charge on any atom is -0.353 e. The quantitative estimate of drug-likeness (QED) is 0.373. The zero-order valence-corrected chi connectivity index (χ0v) is 25.5. The number of hydrogen-bond acceptors (Lipinski definition) is 8. The summed E-state index contributed by atoms with van der Waals surface area (Å²) in [4.78, 5) is 17.4. The third kappa shape index (κ3) is 5.08. The molecule has 1 saturated heterocycles. The predicted molar refractivity (Wildman–Crippen MR) is 154 cm³/mol. The Morgan fingerprint density at radius 2 is 1.88 bits per heavy atom. The van der Waals surface area contributed by atoms with Crippen LogP contribution in [0.25, 0.3) is 16.1 Å². The number of carbonyl (C=O) groups is 1. The van der Waals surface area contributed by atoms with Gasteiger partial charge in [0.25, 0.3) is 6.43 Å². The fourth-order valence-electron chi connectivity index (χ4n) is 6.01. The molecule has 4 fully saturated rings. The Bertz CT molecular complexity index is 1660. The van der Waals surface area contributed by atoms with Crippen molar-refractivity contribution < 1.29 is 22.0 Å². The van der Waals surface area contributed by atoms with E-state index in [0.717, 1.165) is 55.6 Å². The number of aromatic nitrogens is 4. The van der Waals surface area contributed by atoms with Crippen molar-refractivity contribution >= 4 is 38.6 Å². The Kier molecular flexibility index (Phi) is 6.63. The molecular weight excluding hydrogens is 584 g/mol. The maximum absolute atomic E-state index is 13.7. The van der Waals surface area contributed by atoms with Gasteiger partial charge in [0.1, 0.15) is 5.82 Å². The number of anilines is 1. The number of nitrogens with one attached hydrogen (secondary N) is 1. The van der Waals surface area contributed by atoms with Crippen molar-refractivity contribution in [1.29, 1.82) is 0 Å². The molecule has 3 aliphatic carbocycles. The van der Waals surface area contributed by atoms with E-state index in [2.05, 4.69) is 19.8 Å². The van der Waals surface area contributed by atoms with Gasteiger partial charge in [0, 0.05) is 49.1 Å². The van der Waals surface area contributed by atoms with E-state index in [1.54, 1.807) is 16.6 Å². The Morgan fingerprint density at radius 3 is 2.48 bits per heavy atom. The minimum absolute atomic E-state index is 0.00819. The second-order valence-corrected chi connectivity index (χ2v) is 15.4. The van der Waals surface area contributed by atoms with Crippen LogP contribution in [0.5, 0.6) is 0 Å². The molecule has 10 nitrogen and oxygen atoms in total. The third-order valence-electron chi connectivity index (χ3n) is 9.17. The van der Waals surface area contributed by atoms with E-state index in [9.17, 15) is 22.0 Å². The molecule has 2 atom stereocenters. The molecule has 1 aliphatic heterocycles. The molecule has 4 heterocycles. The highest BCUT2D eigenvalue weighted by Gasteiger charge is 2.43. The van der Waals surface area contributed by atoms with E-state index in [4.69, 9.17) is 5.10 Å². The van der Waals surface area contributed by atoms with E-state index < -0.39 is 22.0 Å². The van der Waals surface area contributed by atoms with Gasteiger partial charge in [-0.25, -0.2) is 26.4 Å². The van der Waals surface area contributed by atoms with Crippen LogP contribution >= 0.6 is 11.3 Å². The zero-order chi connectivity index (χ0) is 29.6. The van der Waals surface area contributed by atoms with Gasteiger partial charge in [0.2, 0.25) is 15.9 Å². The molecule has 3 aromatic rings. The Hall–Kier alpha value is -2.71. The normalized spacial score (nSPS) is 23.1. The Balaban J connectivity index is 1.33. The smallest absolute Gasteiger partial charge is 0.291 e. The molecular formula is C28H35F2N7O3S2. The van der Waals surface area contributed by atoms with Crippen molar-refractivity contribution in [2.24, 2.45) is 11.8 Å². The van der Waals surface area contributed by atoms with Crippen molar-refractivity contribution in [3.05, 3.63) is 22.8 Å². The van der Waals surface area contributed by atoms with Crippen molar-refractivity contribution in [2.45, 2.75) is 88.1 Å². The van der Waals surface area contributed by atoms with Crippen molar-refractivity contribution in [2.75, 3.05) is 24.5 Å². The van der Waals surface area contributed by atoms with Gasteiger partial charge in [-0.05, 0) is 64.4 Å². The standard InChI is InChI=1S/C28H35F2N7O3S2/c1-15-14-35(10-11-36(15)27(38)16(2)17-4-5-17)21-13-19(42(39,40)34-28(3)8-9-28)12-20-22(23(18-6-7-18)33-37(20)21)25-31-32-26(41-25)24(29)30/h12-13,15-18,24,34H,4-11,14H2,1-3H3/t15-,16-/m1/s1. The number of pyridine rings is 1. The molecule has 0 radical (unpaired) electrons. The van der Waals surface area contributed by atoms with Crippen LogP contribution in [0.15, 0.2) is 17.0 Å². The summed E-state index contributed by atoms with van der Waals surface area (Å²) in [6.45, 7) is 7.46. The highest BCUT2D eigenvalue weighted by atomic mass is 32.2. The molecule has 0 unspecified atom stereocenters. The number of halogens is 2. The van der Waals surface area contributed by atoms with E-state index in [-0.39, 0.29) is 33.7 Å². The SMILES string of the molecule is C[C@@H]1CN(c2cc(S(=O)(=O)NC3(C)CC3)cc3c(-c4nnc(C(F)F)s4)c(C4CC4)nn23)CCN1C(=O)[C@H](C)C1CC1. The van der Waals surface area contributed by atoms with Gasteiger partial charge in [-0.15, -0.1) is 10.2 Å². The fourth-order valence-corrected chi connectivity index (χ4v) is 8.27. The summed E-state index contributed by atoms with van der Waals surface area (Å²) in [6, 6.07) is 3.15. The minimum atomic E-state index is -3.90. The molecule has 4 aliphatic rings. The number of alkyl halides is 2. The Morgan fingerprint density at radius 1 is 1.14 bits per heavy atom. The summed E-state index contributed by atoms with van der Waals surface area (Å²) in [7, 11) is -3.90. The first-order valence-corrected chi connectivity index (χ1v) is 17.0. The highest BCUT2D eigenvalue weighted by Crippen LogP contribution is 2.47. The summed E-state index contributed by atoms with van der Waals surface area (Å²) < 4.78 is 58.9.